The van der Waals surface area contributed by atoms with Crippen LogP contribution in [0.2, 0.25) is 10.0 Å². The lowest BCUT2D eigenvalue weighted by atomic mass is 9.48. The molecule has 10 heteroatoms. The maximum Gasteiger partial charge on any atom is 0.244 e. The molecule has 0 unspecified atom stereocenters. The molecule has 5 fully saturated rings. The number of hydrogen-bond donors (Lipinski definition) is 1. The molecule has 50 heavy (non-hydrogen) atoms. The number of benzene rings is 3. The quantitative estimate of drug-likeness (QED) is 0.205. The molecule has 5 aliphatic carbocycles. The van der Waals surface area contributed by atoms with Crippen LogP contribution in [0.5, 0.6) is 0 Å². The van der Waals surface area contributed by atoms with Gasteiger partial charge >= 0.3 is 0 Å². The lowest BCUT2D eigenvalue weighted by molar-refractivity contribution is -0.140. The van der Waals surface area contributed by atoms with E-state index in [1.54, 1.807) is 18.2 Å². The third-order valence-electron chi connectivity index (χ3n) is 11.8. The van der Waals surface area contributed by atoms with Crippen molar-refractivity contribution in [1.82, 2.24) is 10.2 Å². The highest BCUT2D eigenvalue weighted by Gasteiger charge is 2.51. The van der Waals surface area contributed by atoms with E-state index in [9.17, 15) is 18.0 Å². The second-order valence-corrected chi connectivity index (χ2v) is 18.2. The normalized spacial score (nSPS) is 25.0. The molecule has 2 amide bonds. The average Bonchev–Trinajstić information content (AvgIpc) is 3.59. The largest absolute Gasteiger partial charge is 0.352 e. The number of sulfonamides is 1. The van der Waals surface area contributed by atoms with Crippen molar-refractivity contribution in [2.24, 2.45) is 17.8 Å². The summed E-state index contributed by atoms with van der Waals surface area (Å²) in [6.07, 6.45) is 12.9. The van der Waals surface area contributed by atoms with Gasteiger partial charge in [-0.15, -0.1) is 0 Å². The van der Waals surface area contributed by atoms with Gasteiger partial charge in [0.25, 0.3) is 0 Å². The van der Waals surface area contributed by atoms with Gasteiger partial charge in [-0.05, 0) is 110 Å². The van der Waals surface area contributed by atoms with E-state index in [1.165, 1.54) is 49.0 Å². The zero-order valence-electron chi connectivity index (χ0n) is 28.7. The summed E-state index contributed by atoms with van der Waals surface area (Å²) in [7, 11) is -3.88. The third-order valence-corrected chi connectivity index (χ3v) is 13.7. The minimum absolute atomic E-state index is 0.0293. The molecule has 0 heterocycles. The van der Waals surface area contributed by atoms with Gasteiger partial charge in [0, 0.05) is 34.6 Å². The number of nitrogens with one attached hydrogen (secondary N) is 1. The molecule has 3 aromatic rings. The Bertz CT molecular complexity index is 1760. The summed E-state index contributed by atoms with van der Waals surface area (Å²) >= 11 is 13.3. The van der Waals surface area contributed by atoms with Gasteiger partial charge in [0.1, 0.15) is 12.6 Å². The number of rotatable bonds is 12. The van der Waals surface area contributed by atoms with Crippen molar-refractivity contribution in [1.29, 1.82) is 0 Å². The summed E-state index contributed by atoms with van der Waals surface area (Å²) in [4.78, 5) is 30.2. The van der Waals surface area contributed by atoms with Crippen molar-refractivity contribution in [3.8, 4) is 0 Å². The lowest BCUT2D eigenvalue weighted by Crippen LogP contribution is -2.54. The first-order valence-corrected chi connectivity index (χ1v) is 20.7. The lowest BCUT2D eigenvalue weighted by Gasteiger charge is -2.57. The first kappa shape index (κ1) is 35.3. The monoisotopic (exact) mass is 735 g/mol. The zero-order chi connectivity index (χ0) is 35.0. The van der Waals surface area contributed by atoms with Crippen molar-refractivity contribution in [3.63, 3.8) is 0 Å². The molecule has 8 rings (SSSR count). The Morgan fingerprint density at radius 1 is 0.840 bits per heavy atom. The van der Waals surface area contributed by atoms with Crippen LogP contribution in [0.25, 0.3) is 0 Å². The van der Waals surface area contributed by atoms with Crippen molar-refractivity contribution in [2.75, 3.05) is 17.1 Å². The molecule has 3 aromatic carbocycles. The third kappa shape index (κ3) is 7.58. The Hall–Kier alpha value is -3.07. The molecule has 0 saturated heterocycles. The second kappa shape index (κ2) is 14.5. The fourth-order valence-electron chi connectivity index (χ4n) is 9.83. The maximum atomic E-state index is 14.6. The van der Waals surface area contributed by atoms with Crippen LogP contribution in [0.15, 0.2) is 72.8 Å². The molecule has 266 valence electrons. The molecule has 0 spiro atoms. The molecule has 1 N–H and O–H groups in total. The van der Waals surface area contributed by atoms with Crippen molar-refractivity contribution < 1.29 is 18.0 Å². The summed E-state index contributed by atoms with van der Waals surface area (Å²) in [6, 6.07) is 21.7. The number of nitrogens with zero attached hydrogens (tertiary/aromatic N) is 2. The standard InChI is InChI=1S/C40H47Cl2N3O4S/c1-50(48,49)45(33-16-14-31(15-17-33)40-22-28-18-29(23-40)20-30(19-28)24-40)26-38(46)44(25-34-35(41)12-7-13-36(34)42)37(21-27-8-3-2-4-9-27)39(47)43-32-10-5-6-11-32/h2-4,7-9,12-17,28-30,32,37H,5-6,10-11,18-26H2,1H3,(H,43,47)/t28?,29?,30?,37-,40?/m1/s1. The van der Waals surface area contributed by atoms with E-state index in [4.69, 9.17) is 23.2 Å². The Balaban J connectivity index is 1.20. The number of hydrogen-bond acceptors (Lipinski definition) is 4. The number of halogens is 2. The molecular weight excluding hydrogens is 689 g/mol. The van der Waals surface area contributed by atoms with E-state index in [2.05, 4.69) is 17.4 Å². The van der Waals surface area contributed by atoms with Crippen LogP contribution in [0.4, 0.5) is 5.69 Å². The minimum Gasteiger partial charge on any atom is -0.352 e. The van der Waals surface area contributed by atoms with E-state index in [0.29, 0.717) is 21.3 Å². The van der Waals surface area contributed by atoms with E-state index in [0.717, 1.165) is 59.6 Å². The van der Waals surface area contributed by atoms with Gasteiger partial charge in [0.15, 0.2) is 0 Å². The molecule has 1 atom stereocenters. The molecule has 0 aromatic heterocycles. The predicted molar refractivity (Wildman–Crippen MR) is 200 cm³/mol. The SMILES string of the molecule is CS(=O)(=O)N(CC(=O)N(Cc1c(Cl)cccc1Cl)[C@H](Cc1ccccc1)C(=O)NC1CCCC1)c1ccc(C23CC4CC(CC(C4)C2)C3)cc1. The fraction of sp³-hybridized carbons (Fsp3) is 0.500. The van der Waals surface area contributed by atoms with E-state index >= 15 is 0 Å². The summed E-state index contributed by atoms with van der Waals surface area (Å²) in [5.41, 5.74) is 3.26. The maximum absolute atomic E-state index is 14.6. The van der Waals surface area contributed by atoms with E-state index in [-0.39, 0.29) is 30.3 Å². The van der Waals surface area contributed by atoms with Crippen LogP contribution < -0.4 is 9.62 Å². The summed E-state index contributed by atoms with van der Waals surface area (Å²) in [5.74, 6) is 1.58. The molecular formula is C40H47Cl2N3O4S. The molecule has 5 aliphatic rings. The minimum atomic E-state index is -3.88. The first-order valence-electron chi connectivity index (χ1n) is 18.1. The summed E-state index contributed by atoms with van der Waals surface area (Å²) < 4.78 is 28.0. The van der Waals surface area contributed by atoms with Crippen LogP contribution in [-0.2, 0) is 38.0 Å². The summed E-state index contributed by atoms with van der Waals surface area (Å²) in [6.45, 7) is -0.533. The van der Waals surface area contributed by atoms with E-state index < -0.39 is 28.5 Å². The van der Waals surface area contributed by atoms with Gasteiger partial charge in [0.05, 0.1) is 11.9 Å². The van der Waals surface area contributed by atoms with Crippen molar-refractivity contribution in [2.45, 2.75) is 94.7 Å². The van der Waals surface area contributed by atoms with Crippen molar-refractivity contribution >= 4 is 50.7 Å². The molecule has 7 nitrogen and oxygen atoms in total. The first-order chi connectivity index (χ1) is 24.0. The highest BCUT2D eigenvalue weighted by atomic mass is 35.5. The smallest absolute Gasteiger partial charge is 0.244 e. The molecule has 0 aliphatic heterocycles. The highest BCUT2D eigenvalue weighted by Crippen LogP contribution is 2.60. The Labute approximate surface area is 306 Å². The van der Waals surface area contributed by atoms with Gasteiger partial charge in [0.2, 0.25) is 21.8 Å². The summed E-state index contributed by atoms with van der Waals surface area (Å²) in [5, 5.41) is 3.93. The fourth-order valence-corrected chi connectivity index (χ4v) is 11.2. The Morgan fingerprint density at radius 2 is 1.42 bits per heavy atom. The molecule has 0 radical (unpaired) electrons. The van der Waals surface area contributed by atoms with Crippen molar-refractivity contribution in [3.05, 3.63) is 99.5 Å². The number of anilines is 1. The number of amides is 2. The van der Waals surface area contributed by atoms with E-state index in [1.807, 2.05) is 42.5 Å². The topological polar surface area (TPSA) is 86.8 Å². The number of carbonyl (C=O) groups excluding carboxylic acids is 2. The number of carbonyl (C=O) groups is 2. The zero-order valence-corrected chi connectivity index (χ0v) is 31.0. The average molecular weight is 737 g/mol. The van der Waals surface area contributed by atoms with Crippen LogP contribution >= 0.6 is 23.2 Å². The Morgan fingerprint density at radius 3 is 1.98 bits per heavy atom. The Kier molecular flexibility index (Phi) is 10.3. The molecule has 5 saturated carbocycles. The van der Waals surface area contributed by atoms with Gasteiger partial charge in [-0.3, -0.25) is 13.9 Å². The van der Waals surface area contributed by atoms with Gasteiger partial charge < -0.3 is 10.2 Å². The predicted octanol–water partition coefficient (Wildman–Crippen LogP) is 7.93. The van der Waals surface area contributed by atoms with Crippen LogP contribution in [-0.4, -0.2) is 50.0 Å². The van der Waals surface area contributed by atoms with Crippen LogP contribution in [0.3, 0.4) is 0 Å². The van der Waals surface area contributed by atoms with Gasteiger partial charge in [-0.25, -0.2) is 8.42 Å². The van der Waals surface area contributed by atoms with Gasteiger partial charge in [-0.1, -0.05) is 84.6 Å². The van der Waals surface area contributed by atoms with Gasteiger partial charge in [-0.2, -0.15) is 0 Å². The molecule has 4 bridgehead atoms. The van der Waals surface area contributed by atoms with Crippen LogP contribution in [0.1, 0.15) is 80.9 Å². The van der Waals surface area contributed by atoms with Crippen LogP contribution in [0, 0.1) is 17.8 Å². The highest BCUT2D eigenvalue weighted by molar-refractivity contribution is 7.92. The second-order valence-electron chi connectivity index (χ2n) is 15.4.